The van der Waals surface area contributed by atoms with Crippen molar-refractivity contribution in [2.24, 2.45) is 0 Å². The third kappa shape index (κ3) is 3.34. The molecule has 0 saturated heterocycles. The van der Waals surface area contributed by atoms with Gasteiger partial charge in [-0.15, -0.1) is 0 Å². The fraction of sp³-hybridized carbons (Fsp3) is 0.111. The molecule has 23 heavy (non-hydrogen) atoms. The van der Waals surface area contributed by atoms with Crippen molar-refractivity contribution in [2.45, 2.75) is 13.3 Å². The number of anilines is 1. The molecule has 0 saturated carbocycles. The van der Waals surface area contributed by atoms with Crippen LogP contribution in [0.1, 0.15) is 16.7 Å². The Morgan fingerprint density at radius 1 is 1.09 bits per heavy atom. The Labute approximate surface area is 132 Å². The van der Waals surface area contributed by atoms with Crippen LogP contribution in [0.3, 0.4) is 0 Å². The SMILES string of the molecule is Cc1cnc(F)cc1-c1nc(N)ccc1Cc1cccc(F)c1. The minimum atomic E-state index is -0.577. The predicted octanol–water partition coefficient (Wildman–Crippen LogP) is 3.90. The summed E-state index contributed by atoms with van der Waals surface area (Å²) in [5.41, 5.74) is 9.47. The van der Waals surface area contributed by atoms with E-state index in [4.69, 9.17) is 5.73 Å². The van der Waals surface area contributed by atoms with Crippen LogP contribution in [-0.4, -0.2) is 9.97 Å². The number of benzene rings is 1. The summed E-state index contributed by atoms with van der Waals surface area (Å²) in [5.74, 6) is -0.523. The Hall–Kier alpha value is -2.82. The zero-order valence-corrected chi connectivity index (χ0v) is 12.6. The first-order valence-electron chi connectivity index (χ1n) is 7.15. The van der Waals surface area contributed by atoms with E-state index >= 15 is 0 Å². The number of aryl methyl sites for hydroxylation is 1. The van der Waals surface area contributed by atoms with Crippen molar-refractivity contribution in [3.8, 4) is 11.3 Å². The van der Waals surface area contributed by atoms with E-state index < -0.39 is 5.95 Å². The first-order valence-corrected chi connectivity index (χ1v) is 7.15. The summed E-state index contributed by atoms with van der Waals surface area (Å²) in [7, 11) is 0. The summed E-state index contributed by atoms with van der Waals surface area (Å²) in [6, 6.07) is 11.2. The molecular weight excluding hydrogens is 296 g/mol. The van der Waals surface area contributed by atoms with E-state index in [1.54, 1.807) is 12.1 Å². The molecule has 0 aliphatic carbocycles. The smallest absolute Gasteiger partial charge is 0.213 e. The molecule has 0 fully saturated rings. The first-order chi connectivity index (χ1) is 11.0. The van der Waals surface area contributed by atoms with Gasteiger partial charge in [-0.25, -0.2) is 14.4 Å². The van der Waals surface area contributed by atoms with Crippen molar-refractivity contribution < 1.29 is 8.78 Å². The molecule has 1 aromatic carbocycles. The van der Waals surface area contributed by atoms with Gasteiger partial charge in [-0.05, 0) is 48.2 Å². The summed E-state index contributed by atoms with van der Waals surface area (Å²) in [6.45, 7) is 1.83. The van der Waals surface area contributed by atoms with Gasteiger partial charge in [0.15, 0.2) is 0 Å². The molecule has 2 heterocycles. The number of halogens is 2. The molecule has 3 rings (SSSR count). The number of nitrogens with two attached hydrogens (primary N) is 1. The van der Waals surface area contributed by atoms with Crippen LogP contribution >= 0.6 is 0 Å². The lowest BCUT2D eigenvalue weighted by atomic mass is 9.97. The minimum absolute atomic E-state index is 0.293. The largest absolute Gasteiger partial charge is 0.384 e. The molecule has 2 N–H and O–H groups in total. The molecule has 0 bridgehead atoms. The normalized spacial score (nSPS) is 10.7. The van der Waals surface area contributed by atoms with Crippen LogP contribution in [-0.2, 0) is 6.42 Å². The molecule has 2 aromatic heterocycles. The molecule has 0 amide bonds. The van der Waals surface area contributed by atoms with E-state index in [2.05, 4.69) is 9.97 Å². The maximum Gasteiger partial charge on any atom is 0.213 e. The van der Waals surface area contributed by atoms with E-state index in [0.29, 0.717) is 23.5 Å². The van der Waals surface area contributed by atoms with Gasteiger partial charge in [-0.1, -0.05) is 18.2 Å². The molecule has 116 valence electrons. The zero-order chi connectivity index (χ0) is 16.4. The monoisotopic (exact) mass is 311 g/mol. The Bertz CT molecular complexity index is 863. The number of pyridine rings is 2. The lowest BCUT2D eigenvalue weighted by Crippen LogP contribution is -2.01. The third-order valence-corrected chi connectivity index (χ3v) is 3.61. The van der Waals surface area contributed by atoms with E-state index in [1.165, 1.54) is 24.4 Å². The van der Waals surface area contributed by atoms with Crippen molar-refractivity contribution >= 4 is 5.82 Å². The maximum absolute atomic E-state index is 13.5. The highest BCUT2D eigenvalue weighted by atomic mass is 19.1. The van der Waals surface area contributed by atoms with E-state index in [1.807, 2.05) is 19.1 Å². The second-order valence-electron chi connectivity index (χ2n) is 5.37. The molecule has 3 aromatic rings. The molecule has 3 nitrogen and oxygen atoms in total. The van der Waals surface area contributed by atoms with Crippen molar-refractivity contribution in [1.29, 1.82) is 0 Å². The molecule has 0 spiro atoms. The number of hydrogen-bond donors (Lipinski definition) is 1. The Balaban J connectivity index is 2.10. The van der Waals surface area contributed by atoms with Crippen LogP contribution in [0.5, 0.6) is 0 Å². The molecule has 0 aliphatic heterocycles. The third-order valence-electron chi connectivity index (χ3n) is 3.61. The van der Waals surface area contributed by atoms with Crippen LogP contribution in [0.15, 0.2) is 48.7 Å². The van der Waals surface area contributed by atoms with Crippen molar-refractivity contribution in [3.05, 3.63) is 77.1 Å². The topological polar surface area (TPSA) is 51.8 Å². The Kier molecular flexibility index (Phi) is 4.02. The predicted molar refractivity (Wildman–Crippen MR) is 85.8 cm³/mol. The van der Waals surface area contributed by atoms with Gasteiger partial charge in [0.2, 0.25) is 5.95 Å². The zero-order valence-electron chi connectivity index (χ0n) is 12.6. The quantitative estimate of drug-likeness (QED) is 0.746. The summed E-state index contributed by atoms with van der Waals surface area (Å²) in [6.07, 6.45) is 1.94. The number of nitrogen functional groups attached to an aromatic ring is 1. The van der Waals surface area contributed by atoms with Crippen molar-refractivity contribution in [1.82, 2.24) is 9.97 Å². The van der Waals surface area contributed by atoms with Crippen molar-refractivity contribution in [2.75, 3.05) is 5.73 Å². The van der Waals surface area contributed by atoms with Crippen LogP contribution in [0.2, 0.25) is 0 Å². The van der Waals surface area contributed by atoms with Gasteiger partial charge < -0.3 is 5.73 Å². The summed E-state index contributed by atoms with van der Waals surface area (Å²) in [5, 5.41) is 0. The molecule has 0 radical (unpaired) electrons. The van der Waals surface area contributed by atoms with Crippen molar-refractivity contribution in [3.63, 3.8) is 0 Å². The highest BCUT2D eigenvalue weighted by Crippen LogP contribution is 2.28. The van der Waals surface area contributed by atoms with Gasteiger partial charge in [-0.3, -0.25) is 0 Å². The summed E-state index contributed by atoms with van der Waals surface area (Å²) < 4.78 is 26.9. The number of nitrogens with zero attached hydrogens (tertiary/aromatic N) is 2. The van der Waals surface area contributed by atoms with Crippen LogP contribution in [0.4, 0.5) is 14.6 Å². The summed E-state index contributed by atoms with van der Waals surface area (Å²) in [4.78, 5) is 7.99. The van der Waals surface area contributed by atoms with Crippen LogP contribution in [0.25, 0.3) is 11.3 Å². The minimum Gasteiger partial charge on any atom is -0.384 e. The van der Waals surface area contributed by atoms with Gasteiger partial charge in [0.05, 0.1) is 5.69 Å². The van der Waals surface area contributed by atoms with Gasteiger partial charge in [0.25, 0.3) is 0 Å². The van der Waals surface area contributed by atoms with Gasteiger partial charge in [0, 0.05) is 17.8 Å². The lowest BCUT2D eigenvalue weighted by Gasteiger charge is -2.12. The highest BCUT2D eigenvalue weighted by Gasteiger charge is 2.12. The molecule has 0 unspecified atom stereocenters. The fourth-order valence-corrected chi connectivity index (χ4v) is 2.50. The van der Waals surface area contributed by atoms with Crippen LogP contribution < -0.4 is 5.73 Å². The number of rotatable bonds is 3. The maximum atomic E-state index is 13.5. The average Bonchev–Trinajstić information content (AvgIpc) is 2.52. The molecule has 0 atom stereocenters. The standard InChI is InChI=1S/C18H15F2N3/c1-11-10-22-16(20)9-15(11)18-13(5-6-17(21)23-18)7-12-3-2-4-14(19)8-12/h2-6,8-10H,7H2,1H3,(H2,21,23). The van der Waals surface area contributed by atoms with Gasteiger partial charge >= 0.3 is 0 Å². The molecule has 5 heteroatoms. The highest BCUT2D eigenvalue weighted by molar-refractivity contribution is 5.68. The van der Waals surface area contributed by atoms with E-state index in [-0.39, 0.29) is 5.82 Å². The number of aromatic nitrogens is 2. The van der Waals surface area contributed by atoms with E-state index in [0.717, 1.165) is 16.7 Å². The Morgan fingerprint density at radius 2 is 1.91 bits per heavy atom. The Morgan fingerprint density at radius 3 is 2.70 bits per heavy atom. The second-order valence-corrected chi connectivity index (χ2v) is 5.37. The second kappa shape index (κ2) is 6.12. The van der Waals surface area contributed by atoms with Crippen LogP contribution in [0, 0.1) is 18.7 Å². The fourth-order valence-electron chi connectivity index (χ4n) is 2.50. The first kappa shape index (κ1) is 15.1. The number of hydrogen-bond acceptors (Lipinski definition) is 3. The molecule has 0 aliphatic rings. The average molecular weight is 311 g/mol. The summed E-state index contributed by atoms with van der Waals surface area (Å²) >= 11 is 0. The lowest BCUT2D eigenvalue weighted by molar-refractivity contribution is 0.583. The van der Waals surface area contributed by atoms with E-state index in [9.17, 15) is 8.78 Å². The van der Waals surface area contributed by atoms with Gasteiger partial charge in [-0.2, -0.15) is 4.39 Å². The molecular formula is C18H15F2N3. The van der Waals surface area contributed by atoms with Gasteiger partial charge in [0.1, 0.15) is 11.6 Å².